The van der Waals surface area contributed by atoms with Crippen LogP contribution in [0, 0.1) is 0 Å². The average Bonchev–Trinajstić information content (AvgIpc) is 2.36. The van der Waals surface area contributed by atoms with Crippen LogP contribution in [0.4, 0.5) is 4.79 Å². The molecule has 0 radical (unpaired) electrons. The molecule has 7 heteroatoms. The van der Waals surface area contributed by atoms with Crippen molar-refractivity contribution in [1.29, 1.82) is 0 Å². The van der Waals surface area contributed by atoms with E-state index in [1.54, 1.807) is 0 Å². The normalized spacial score (nSPS) is 13.5. The van der Waals surface area contributed by atoms with Crippen LogP contribution >= 0.6 is 0 Å². The number of carboxylic acids is 1. The van der Waals surface area contributed by atoms with Crippen molar-refractivity contribution in [3.8, 4) is 0 Å². The topological polar surface area (TPSA) is 84.9 Å². The summed E-state index contributed by atoms with van der Waals surface area (Å²) in [6.07, 6.45) is 1.22. The first kappa shape index (κ1) is 20.9. The van der Waals surface area contributed by atoms with Gasteiger partial charge in [0.05, 0.1) is 6.61 Å². The zero-order valence-corrected chi connectivity index (χ0v) is 15.7. The van der Waals surface area contributed by atoms with Crippen LogP contribution in [0.5, 0.6) is 0 Å². The molecule has 0 fully saturated rings. The fraction of sp³-hybridized carbons (Fsp3) is 0.867. The quantitative estimate of drug-likeness (QED) is 0.499. The molecule has 0 bridgehead atoms. The van der Waals surface area contributed by atoms with E-state index in [0.29, 0.717) is 13.2 Å². The summed E-state index contributed by atoms with van der Waals surface area (Å²) in [4.78, 5) is 22.7. The van der Waals surface area contributed by atoms with Gasteiger partial charge in [-0.25, -0.2) is 9.59 Å². The predicted octanol–water partition coefficient (Wildman–Crippen LogP) is 3.38. The minimum atomic E-state index is -1.91. The number of hydrogen-bond donors (Lipinski definition) is 2. The third kappa shape index (κ3) is 7.79. The fourth-order valence-electron chi connectivity index (χ4n) is 1.40. The Hall–Kier alpha value is -1.08. The summed E-state index contributed by atoms with van der Waals surface area (Å²) in [5.41, 5.74) is 0. The molecule has 2 N–H and O–H groups in total. The number of amides is 1. The molecule has 0 aromatic heterocycles. The number of nitrogens with one attached hydrogen (secondary N) is 1. The Labute approximate surface area is 134 Å². The van der Waals surface area contributed by atoms with Gasteiger partial charge in [0.2, 0.25) is 0 Å². The third-order valence-electron chi connectivity index (χ3n) is 4.00. The van der Waals surface area contributed by atoms with E-state index in [1.807, 2.05) is 6.92 Å². The van der Waals surface area contributed by atoms with Gasteiger partial charge in [0, 0.05) is 13.0 Å². The summed E-state index contributed by atoms with van der Waals surface area (Å²) in [6, 6.07) is -0.987. The number of unbranched alkanes of at least 4 members (excludes halogenated alkanes) is 1. The van der Waals surface area contributed by atoms with Crippen LogP contribution in [0.2, 0.25) is 18.1 Å². The monoisotopic (exact) mass is 333 g/mol. The van der Waals surface area contributed by atoms with Crippen LogP contribution < -0.4 is 5.32 Å². The van der Waals surface area contributed by atoms with Crippen molar-refractivity contribution in [2.75, 3.05) is 13.2 Å². The van der Waals surface area contributed by atoms with Gasteiger partial charge in [-0.3, -0.25) is 0 Å². The van der Waals surface area contributed by atoms with E-state index in [9.17, 15) is 9.59 Å². The Morgan fingerprint density at radius 3 is 2.27 bits per heavy atom. The van der Waals surface area contributed by atoms with Gasteiger partial charge in [0.15, 0.2) is 8.32 Å². The van der Waals surface area contributed by atoms with Crippen LogP contribution in [0.1, 0.15) is 47.0 Å². The van der Waals surface area contributed by atoms with Crippen LogP contribution in [0.15, 0.2) is 0 Å². The summed E-state index contributed by atoms with van der Waals surface area (Å²) in [5.74, 6) is -1.08. The Morgan fingerprint density at radius 2 is 1.82 bits per heavy atom. The first-order valence-electron chi connectivity index (χ1n) is 7.81. The smallest absolute Gasteiger partial charge is 0.407 e. The number of carbonyl (C=O) groups excluding carboxylic acids is 1. The molecule has 0 aliphatic heterocycles. The highest BCUT2D eigenvalue weighted by atomic mass is 28.4. The highest BCUT2D eigenvalue weighted by Gasteiger charge is 2.37. The van der Waals surface area contributed by atoms with Gasteiger partial charge in [0.25, 0.3) is 0 Å². The molecule has 1 amide bonds. The number of rotatable bonds is 9. The lowest BCUT2D eigenvalue weighted by atomic mass is 10.2. The summed E-state index contributed by atoms with van der Waals surface area (Å²) < 4.78 is 10.9. The molecule has 1 unspecified atom stereocenters. The number of hydrogen-bond acceptors (Lipinski definition) is 4. The highest BCUT2D eigenvalue weighted by Crippen LogP contribution is 2.36. The number of aliphatic carboxylic acids is 1. The molecule has 0 heterocycles. The number of carbonyl (C=O) groups is 2. The van der Waals surface area contributed by atoms with Crippen molar-refractivity contribution in [3.63, 3.8) is 0 Å². The second-order valence-corrected chi connectivity index (χ2v) is 11.7. The fourth-order valence-corrected chi connectivity index (χ4v) is 2.46. The third-order valence-corrected chi connectivity index (χ3v) is 8.54. The Kier molecular flexibility index (Phi) is 8.69. The van der Waals surface area contributed by atoms with Gasteiger partial charge in [-0.1, -0.05) is 34.1 Å². The Balaban J connectivity index is 4.32. The van der Waals surface area contributed by atoms with E-state index < -0.39 is 26.4 Å². The zero-order chi connectivity index (χ0) is 17.4. The Morgan fingerprint density at radius 1 is 1.23 bits per heavy atom. The van der Waals surface area contributed by atoms with E-state index in [1.165, 1.54) is 0 Å². The van der Waals surface area contributed by atoms with Crippen molar-refractivity contribution >= 4 is 20.4 Å². The maximum absolute atomic E-state index is 11.5. The van der Waals surface area contributed by atoms with Crippen molar-refractivity contribution in [1.82, 2.24) is 5.32 Å². The van der Waals surface area contributed by atoms with Crippen LogP contribution in [-0.4, -0.2) is 44.7 Å². The molecule has 0 saturated heterocycles. The van der Waals surface area contributed by atoms with E-state index in [-0.39, 0.29) is 11.5 Å². The first-order chi connectivity index (χ1) is 10.0. The van der Waals surface area contributed by atoms with Gasteiger partial charge >= 0.3 is 12.1 Å². The molecule has 1 atom stereocenters. The summed E-state index contributed by atoms with van der Waals surface area (Å²) >= 11 is 0. The first-order valence-corrected chi connectivity index (χ1v) is 10.7. The predicted molar refractivity (Wildman–Crippen MR) is 88.6 cm³/mol. The molecule has 0 saturated carbocycles. The highest BCUT2D eigenvalue weighted by molar-refractivity contribution is 6.74. The lowest BCUT2D eigenvalue weighted by Gasteiger charge is -2.36. The zero-order valence-electron chi connectivity index (χ0n) is 14.7. The van der Waals surface area contributed by atoms with Crippen molar-refractivity contribution in [2.45, 2.75) is 71.1 Å². The lowest BCUT2D eigenvalue weighted by Crippen LogP contribution is -2.45. The summed E-state index contributed by atoms with van der Waals surface area (Å²) in [5, 5.41) is 11.6. The maximum atomic E-state index is 11.5. The minimum Gasteiger partial charge on any atom is -0.480 e. The van der Waals surface area contributed by atoms with E-state index in [2.05, 4.69) is 39.2 Å². The van der Waals surface area contributed by atoms with Crippen molar-refractivity contribution < 1.29 is 23.9 Å². The van der Waals surface area contributed by atoms with Gasteiger partial charge in [-0.05, 0) is 24.6 Å². The van der Waals surface area contributed by atoms with E-state index >= 15 is 0 Å². The molecular weight excluding hydrogens is 302 g/mol. The molecule has 130 valence electrons. The largest absolute Gasteiger partial charge is 0.480 e. The second kappa shape index (κ2) is 9.15. The molecule has 0 aromatic carbocycles. The minimum absolute atomic E-state index is 0.0677. The second-order valence-electron chi connectivity index (χ2n) is 6.92. The van der Waals surface area contributed by atoms with Gasteiger partial charge in [-0.15, -0.1) is 0 Å². The lowest BCUT2D eigenvalue weighted by molar-refractivity contribution is -0.139. The number of carboxylic acid groups (broad SMARTS) is 1. The summed E-state index contributed by atoms with van der Waals surface area (Å²) in [6.45, 7) is 13.2. The molecule has 22 heavy (non-hydrogen) atoms. The molecule has 6 nitrogen and oxygen atoms in total. The van der Waals surface area contributed by atoms with Crippen molar-refractivity contribution in [2.24, 2.45) is 0 Å². The van der Waals surface area contributed by atoms with Gasteiger partial charge < -0.3 is 19.6 Å². The SMILES string of the molecule is CCCCOC(=O)NC(CCO[Si](C)(C)C(C)(C)C)C(=O)O. The van der Waals surface area contributed by atoms with Crippen molar-refractivity contribution in [3.05, 3.63) is 0 Å². The average molecular weight is 334 g/mol. The van der Waals surface area contributed by atoms with Gasteiger partial charge in [-0.2, -0.15) is 0 Å². The molecule has 0 aliphatic carbocycles. The van der Waals surface area contributed by atoms with E-state index in [4.69, 9.17) is 14.3 Å². The van der Waals surface area contributed by atoms with Crippen LogP contribution in [0.25, 0.3) is 0 Å². The number of alkyl carbamates (subject to hydrolysis) is 1. The standard InChI is InChI=1S/C15H31NO5Si/c1-7-8-10-20-14(19)16-12(13(17)18)9-11-21-22(5,6)15(2,3)4/h12H,7-11H2,1-6H3,(H,16,19)(H,17,18). The van der Waals surface area contributed by atoms with E-state index in [0.717, 1.165) is 12.8 Å². The molecule has 0 rings (SSSR count). The maximum Gasteiger partial charge on any atom is 0.407 e. The molecule has 0 aromatic rings. The molecule has 0 spiro atoms. The molecular formula is C15H31NO5Si. The van der Waals surface area contributed by atoms with Crippen LogP contribution in [-0.2, 0) is 14.0 Å². The van der Waals surface area contributed by atoms with Crippen LogP contribution in [0.3, 0.4) is 0 Å². The number of ether oxygens (including phenoxy) is 1. The summed E-state index contributed by atoms with van der Waals surface area (Å²) in [7, 11) is -1.91. The van der Waals surface area contributed by atoms with Gasteiger partial charge in [0.1, 0.15) is 6.04 Å². The molecule has 0 aliphatic rings. The Bertz CT molecular complexity index is 365.